The van der Waals surface area contributed by atoms with Crippen molar-refractivity contribution in [1.82, 2.24) is 58.3 Å². The minimum Gasteiger partial charge on any atom is -0.505 e. The molecule has 3 aliphatic heterocycles. The lowest BCUT2D eigenvalue weighted by Crippen LogP contribution is -2.58. The maximum Gasteiger partial charge on any atom is 0.276 e. The molecule has 15 rings (SSSR count). The summed E-state index contributed by atoms with van der Waals surface area (Å²) < 4.78 is 64.5. The Balaban J connectivity index is 0.000000178. The van der Waals surface area contributed by atoms with Crippen molar-refractivity contribution in [2.24, 2.45) is 0 Å². The summed E-state index contributed by atoms with van der Waals surface area (Å²) >= 11 is 69.9. The number of nitrogens with zero attached hydrogens (tertiary/aromatic N) is 18. The van der Waals surface area contributed by atoms with Crippen LogP contribution in [0.5, 0.6) is 17.2 Å². The monoisotopic (exact) mass is 2130 g/mol. The first-order valence-electron chi connectivity index (χ1n) is 43.7. The van der Waals surface area contributed by atoms with Crippen molar-refractivity contribution in [2.75, 3.05) is 54.0 Å². The van der Waals surface area contributed by atoms with E-state index in [-0.39, 0.29) is 210 Å². The van der Waals surface area contributed by atoms with Crippen molar-refractivity contribution in [3.05, 3.63) is 253 Å². The molecule has 0 unspecified atom stereocenters. The number of carbonyl (C=O) groups excluding carboxylic acids is 3. The predicted molar refractivity (Wildman–Crippen MR) is 547 cm³/mol. The molecule has 732 valence electrons. The zero-order valence-corrected chi connectivity index (χ0v) is 86.3. The van der Waals surface area contributed by atoms with Gasteiger partial charge in [0.2, 0.25) is 17.7 Å². The Bertz CT molecular complexity index is 6870. The van der Waals surface area contributed by atoms with Gasteiger partial charge in [0.1, 0.15) is 66.9 Å². The number of rotatable bonds is 15. The number of nitriles is 3. The standard InChI is InChI=1S/2C33H29Cl4FN6O3.C33H29Cl3F2N6O3/c2*1-7-21(45)43-16(5)12-42(13-17(43)6)30-18-10-20(34)28(22-23(35)26(38)25(37)31(46)24(22)36)41-32(18)44(33(47)19(30)11-39)29-15(4)8-9-40-27(29)14(2)3;1-7-21(45)43-16(5)12-42(13-17(43)6)30-18-10-20(34)28(22-23(35)26(38)24(36)31(46)25(22)37)41-32(18)44(33(47)19(30)11-39)29-15(4)8-9-40-27(29)14(2)3/h3*7-10,14,16-17,46H,1,12-13H2,2-6H3/t3*16-,17+. The van der Waals surface area contributed by atoms with E-state index < -0.39 is 103 Å². The molecular formula is C99H87Cl11F4N18O9. The SMILES string of the molecule is C=CC(=O)N1[C@H](C)CN(c2c(C#N)c(=O)n(-c3c(C)ccnc3C(C)C)c3nc(-c4c(Cl)c(O)c(Cl)c(F)c4Cl)c(Cl)cc23)C[C@@H]1C.C=CC(=O)N1[C@H](C)CN(c2c(C#N)c(=O)n(-c3c(C)ccnc3C(C)C)c3nc(-c4c(Cl)c(O)c(Cl)c(F)c4Cl)c(Cl)cc23)C[C@@H]1C.C=CC(=O)N1[C@H](C)CN(c2c(C#N)c(=O)n(-c3c(C)ccnc3C(C)C)c3nc(-c4c(F)c(O)c(Cl)c(F)c4Cl)c(Cl)cc23)C[C@@H]1C. The van der Waals surface area contributed by atoms with Gasteiger partial charge in [0.15, 0.2) is 40.5 Å². The summed E-state index contributed by atoms with van der Waals surface area (Å²) in [5.41, 5.74) is 1.09. The van der Waals surface area contributed by atoms with Crippen LogP contribution in [0, 0.1) is 78.0 Å². The van der Waals surface area contributed by atoms with Crippen molar-refractivity contribution in [1.29, 1.82) is 15.8 Å². The quantitative estimate of drug-likeness (QED) is 0.0371. The number of phenolic OH excluding ortho intramolecular Hbond substituents is 3. The molecule has 3 saturated heterocycles. The van der Waals surface area contributed by atoms with Gasteiger partial charge in [-0.2, -0.15) is 15.8 Å². The van der Waals surface area contributed by atoms with E-state index in [2.05, 4.69) is 57.9 Å². The summed E-state index contributed by atoms with van der Waals surface area (Å²) in [5.74, 6) is -8.87. The third-order valence-corrected chi connectivity index (χ3v) is 28.5. The third-order valence-electron chi connectivity index (χ3n) is 24.8. The van der Waals surface area contributed by atoms with Gasteiger partial charge in [0, 0.05) is 121 Å². The normalized spacial score (nSPS) is 16.6. The maximum absolute atomic E-state index is 15.6. The van der Waals surface area contributed by atoms with Crippen molar-refractivity contribution in [2.45, 2.75) is 158 Å². The average molecular weight is 2140 g/mol. The number of aryl methyl sites for hydroxylation is 3. The van der Waals surface area contributed by atoms with Crippen LogP contribution in [0.15, 0.2) is 107 Å². The molecule has 0 radical (unpaired) electrons. The molecule has 0 aliphatic carbocycles. The maximum atomic E-state index is 15.6. The van der Waals surface area contributed by atoms with Gasteiger partial charge in [-0.05, 0) is 151 Å². The summed E-state index contributed by atoms with van der Waals surface area (Å²) in [6.45, 7) is 40.3. The number of benzene rings is 3. The van der Waals surface area contributed by atoms with Gasteiger partial charge in [-0.25, -0.2) is 32.5 Å². The predicted octanol–water partition coefficient (Wildman–Crippen LogP) is 22.9. The van der Waals surface area contributed by atoms with Crippen LogP contribution in [0.25, 0.3) is 83.9 Å². The topological polar surface area (TPSA) is 346 Å². The highest BCUT2D eigenvalue weighted by Gasteiger charge is 2.42. The van der Waals surface area contributed by atoms with Gasteiger partial charge in [0.25, 0.3) is 16.7 Å². The Morgan fingerprint density at radius 2 is 0.617 bits per heavy atom. The van der Waals surface area contributed by atoms with Gasteiger partial charge in [-0.1, -0.05) is 189 Å². The number of aromatic hydroxyl groups is 3. The molecule has 9 aromatic heterocycles. The first-order chi connectivity index (χ1) is 66.5. The number of hydrogen-bond donors (Lipinski definition) is 3. The van der Waals surface area contributed by atoms with Crippen molar-refractivity contribution < 1.29 is 47.3 Å². The van der Waals surface area contributed by atoms with Gasteiger partial charge in [0.05, 0.1) is 114 Å². The second kappa shape index (κ2) is 41.9. The summed E-state index contributed by atoms with van der Waals surface area (Å²) in [6, 6.07) is 13.9. The van der Waals surface area contributed by atoms with E-state index in [0.29, 0.717) is 61.6 Å². The Hall–Kier alpha value is -12.0. The van der Waals surface area contributed by atoms with Crippen LogP contribution in [0.1, 0.15) is 151 Å². The molecule has 0 saturated carbocycles. The largest absolute Gasteiger partial charge is 0.505 e. The lowest BCUT2D eigenvalue weighted by Gasteiger charge is -2.45. The number of amides is 3. The van der Waals surface area contributed by atoms with E-state index in [9.17, 15) is 64.3 Å². The molecule has 12 heterocycles. The number of halogens is 15. The zero-order chi connectivity index (χ0) is 104. The molecule has 3 fully saturated rings. The number of phenols is 3. The van der Waals surface area contributed by atoms with Crippen LogP contribution in [-0.4, -0.2) is 167 Å². The van der Waals surface area contributed by atoms with E-state index in [1.54, 1.807) is 72.3 Å². The first kappa shape index (κ1) is 106. The summed E-state index contributed by atoms with van der Waals surface area (Å²) in [5, 5.41) is 58.4. The number of pyridine rings is 9. The molecule has 42 heteroatoms. The van der Waals surface area contributed by atoms with Gasteiger partial charge in [-0.3, -0.25) is 57.4 Å². The lowest BCUT2D eigenvalue weighted by atomic mass is 10.0. The zero-order valence-electron chi connectivity index (χ0n) is 78.0. The Kier molecular flexibility index (Phi) is 31.6. The molecule has 3 amide bonds. The minimum absolute atomic E-state index is 0.0493. The highest BCUT2D eigenvalue weighted by atomic mass is 35.5. The van der Waals surface area contributed by atoms with Crippen LogP contribution in [0.2, 0.25) is 55.2 Å². The number of carbonyl (C=O) groups is 3. The van der Waals surface area contributed by atoms with Crippen LogP contribution in [0.3, 0.4) is 0 Å². The van der Waals surface area contributed by atoms with Crippen LogP contribution in [-0.2, 0) is 14.4 Å². The van der Waals surface area contributed by atoms with Crippen LogP contribution >= 0.6 is 128 Å². The molecule has 141 heavy (non-hydrogen) atoms. The fourth-order valence-electron chi connectivity index (χ4n) is 18.7. The second-order valence-electron chi connectivity index (χ2n) is 35.1. The van der Waals surface area contributed by atoms with Gasteiger partial charge >= 0.3 is 0 Å². The lowest BCUT2D eigenvalue weighted by molar-refractivity contribution is -0.131. The van der Waals surface area contributed by atoms with Gasteiger partial charge in [-0.15, -0.1) is 0 Å². The van der Waals surface area contributed by atoms with Crippen molar-refractivity contribution >= 4 is 195 Å². The number of piperazine rings is 3. The van der Waals surface area contributed by atoms with E-state index >= 15 is 13.2 Å². The van der Waals surface area contributed by atoms with E-state index in [0.717, 1.165) is 0 Å². The number of aromatic nitrogens is 9. The van der Waals surface area contributed by atoms with Crippen LogP contribution in [0.4, 0.5) is 34.6 Å². The molecule has 0 bridgehead atoms. The molecule has 0 spiro atoms. The van der Waals surface area contributed by atoms with Crippen LogP contribution < -0.4 is 31.4 Å². The van der Waals surface area contributed by atoms with Crippen molar-refractivity contribution in [3.8, 4) is 86.3 Å². The molecule has 3 aromatic carbocycles. The number of anilines is 3. The van der Waals surface area contributed by atoms with E-state index in [1.165, 1.54) is 50.1 Å². The molecule has 3 aliphatic rings. The Morgan fingerprint density at radius 1 is 0.383 bits per heavy atom. The van der Waals surface area contributed by atoms with Crippen molar-refractivity contribution in [3.63, 3.8) is 0 Å². The summed E-state index contributed by atoms with van der Waals surface area (Å²) in [7, 11) is 0. The molecule has 6 atom stereocenters. The highest BCUT2D eigenvalue weighted by Crippen LogP contribution is 2.53. The Labute approximate surface area is 861 Å². The average Bonchev–Trinajstić information content (AvgIpc) is 0.725. The third kappa shape index (κ3) is 18.7. The number of hydrogen-bond acceptors (Lipinski definition) is 21. The summed E-state index contributed by atoms with van der Waals surface area (Å²) in [4.78, 5) is 120. The molecular weight excluding hydrogens is 2050 g/mol. The van der Waals surface area contributed by atoms with Gasteiger partial charge < -0.3 is 44.7 Å². The smallest absolute Gasteiger partial charge is 0.276 e. The molecule has 12 aromatic rings. The molecule has 3 N–H and O–H groups in total. The number of fused-ring (bicyclic) bond motifs is 3. The second-order valence-corrected chi connectivity index (χ2v) is 39.4. The fourth-order valence-corrected chi connectivity index (χ4v) is 21.7. The highest BCUT2D eigenvalue weighted by molar-refractivity contribution is 6.46. The fraction of sp³-hybridized carbons (Fsp3) is 0.303. The molecule has 27 nitrogen and oxygen atoms in total. The first-order valence-corrected chi connectivity index (χ1v) is 47.8. The Morgan fingerprint density at radius 3 is 0.851 bits per heavy atom. The van der Waals surface area contributed by atoms with E-state index in [1.807, 2.05) is 97.8 Å². The van der Waals surface area contributed by atoms with E-state index in [4.69, 9.17) is 138 Å². The minimum atomic E-state index is -1.37. The summed E-state index contributed by atoms with van der Waals surface area (Å²) in [6.07, 6.45) is 8.58.